The van der Waals surface area contributed by atoms with Gasteiger partial charge in [0.1, 0.15) is 6.23 Å². The van der Waals surface area contributed by atoms with Crippen LogP contribution < -0.4 is 5.32 Å². The van der Waals surface area contributed by atoms with Crippen molar-refractivity contribution in [2.45, 2.75) is 32.9 Å². The fourth-order valence-electron chi connectivity index (χ4n) is 0.937. The van der Waals surface area contributed by atoms with Crippen molar-refractivity contribution >= 4 is 0 Å². The molecule has 2 heteroatoms. The Hall–Kier alpha value is -0.780. The molecule has 0 aromatic carbocycles. The van der Waals surface area contributed by atoms with Crippen LogP contribution in [0.5, 0.6) is 0 Å². The van der Waals surface area contributed by atoms with E-state index in [4.69, 9.17) is 0 Å². The van der Waals surface area contributed by atoms with Crippen LogP contribution in [0.2, 0.25) is 0 Å². The molecule has 2 N–H and O–H groups in total. The Labute approximate surface area is 81.0 Å². The average Bonchev–Trinajstić information content (AvgIpc) is 2.17. The van der Waals surface area contributed by atoms with Gasteiger partial charge in [-0.3, -0.25) is 5.32 Å². The van der Waals surface area contributed by atoms with E-state index in [0.29, 0.717) is 0 Å². The van der Waals surface area contributed by atoms with Gasteiger partial charge in [-0.1, -0.05) is 31.8 Å². The summed E-state index contributed by atoms with van der Waals surface area (Å²) >= 11 is 0. The van der Waals surface area contributed by atoms with Crippen LogP contribution in [0.1, 0.15) is 26.7 Å². The highest BCUT2D eigenvalue weighted by atomic mass is 16.3. The number of allylic oxidation sites excluding steroid dienone is 2. The first-order valence-electron chi connectivity index (χ1n) is 4.77. The maximum atomic E-state index is 9.44. The summed E-state index contributed by atoms with van der Waals surface area (Å²) in [6.45, 7) is 4.08. The summed E-state index contributed by atoms with van der Waals surface area (Å²) < 4.78 is 0. The average molecular weight is 181 g/mol. The van der Waals surface area contributed by atoms with Crippen LogP contribution in [0, 0.1) is 17.8 Å². The number of rotatable bonds is 4. The highest BCUT2D eigenvalue weighted by Gasteiger charge is 2.11. The fraction of sp³-hybridized carbons (Fsp3) is 0.636. The van der Waals surface area contributed by atoms with Gasteiger partial charge < -0.3 is 5.11 Å². The van der Waals surface area contributed by atoms with Crippen molar-refractivity contribution in [2.75, 3.05) is 7.05 Å². The molecule has 0 saturated carbocycles. The number of hydrogen-bond acceptors (Lipinski definition) is 2. The van der Waals surface area contributed by atoms with Crippen LogP contribution in [0.3, 0.4) is 0 Å². The zero-order valence-corrected chi connectivity index (χ0v) is 8.67. The molecule has 2 nitrogen and oxygen atoms in total. The van der Waals surface area contributed by atoms with E-state index < -0.39 is 6.23 Å². The van der Waals surface area contributed by atoms with Gasteiger partial charge in [0.15, 0.2) is 0 Å². The van der Waals surface area contributed by atoms with Gasteiger partial charge in [-0.15, -0.1) is 0 Å². The van der Waals surface area contributed by atoms with Crippen LogP contribution in [0.25, 0.3) is 0 Å². The molecule has 74 valence electrons. The number of nitrogens with one attached hydrogen (secondary N) is 1. The molecule has 0 aliphatic carbocycles. The van der Waals surface area contributed by atoms with Gasteiger partial charge in [-0.05, 0) is 26.0 Å². The molecular formula is C11H19NO. The van der Waals surface area contributed by atoms with E-state index in [9.17, 15) is 5.11 Å². The zero-order valence-electron chi connectivity index (χ0n) is 8.67. The molecule has 2 unspecified atom stereocenters. The van der Waals surface area contributed by atoms with E-state index in [1.165, 1.54) is 0 Å². The van der Waals surface area contributed by atoms with Crippen molar-refractivity contribution in [1.29, 1.82) is 0 Å². The molecule has 0 aliphatic heterocycles. The number of hydrogen-bond donors (Lipinski definition) is 2. The minimum absolute atomic E-state index is 0.0199. The van der Waals surface area contributed by atoms with Gasteiger partial charge in [0.05, 0.1) is 5.92 Å². The minimum atomic E-state index is -0.521. The van der Waals surface area contributed by atoms with Gasteiger partial charge in [0.2, 0.25) is 0 Å². The molecule has 0 aliphatic rings. The largest absolute Gasteiger partial charge is 0.377 e. The zero-order chi connectivity index (χ0) is 10.1. The fourth-order valence-corrected chi connectivity index (χ4v) is 0.937. The van der Waals surface area contributed by atoms with E-state index in [0.717, 1.165) is 12.8 Å². The monoisotopic (exact) mass is 181 g/mol. The Kier molecular flexibility index (Phi) is 7.38. The third-order valence-corrected chi connectivity index (χ3v) is 1.82. The van der Waals surface area contributed by atoms with Crippen molar-refractivity contribution in [1.82, 2.24) is 5.32 Å². The van der Waals surface area contributed by atoms with Crippen LogP contribution in [0.4, 0.5) is 0 Å². The number of aliphatic hydroxyl groups is 1. The first kappa shape index (κ1) is 12.2. The molecule has 0 aromatic heterocycles. The second kappa shape index (κ2) is 7.85. The third-order valence-electron chi connectivity index (χ3n) is 1.82. The van der Waals surface area contributed by atoms with E-state index in [-0.39, 0.29) is 5.92 Å². The number of aliphatic hydroxyl groups excluding tert-OH is 1. The summed E-state index contributed by atoms with van der Waals surface area (Å²) in [5, 5.41) is 12.2. The smallest absolute Gasteiger partial charge is 0.118 e. The maximum absolute atomic E-state index is 9.44. The van der Waals surface area contributed by atoms with E-state index >= 15 is 0 Å². The van der Waals surface area contributed by atoms with Crippen molar-refractivity contribution in [2.24, 2.45) is 5.92 Å². The van der Waals surface area contributed by atoms with E-state index in [2.05, 4.69) is 24.1 Å². The van der Waals surface area contributed by atoms with Crippen LogP contribution in [-0.2, 0) is 0 Å². The van der Waals surface area contributed by atoms with Crippen molar-refractivity contribution in [3.05, 3.63) is 12.2 Å². The molecule has 0 fully saturated rings. The lowest BCUT2D eigenvalue weighted by atomic mass is 10.1. The second-order valence-corrected chi connectivity index (χ2v) is 2.85. The Morgan fingerprint density at radius 3 is 2.62 bits per heavy atom. The van der Waals surface area contributed by atoms with Crippen molar-refractivity contribution in [3.63, 3.8) is 0 Å². The first-order chi connectivity index (χ1) is 6.26. The quantitative estimate of drug-likeness (QED) is 0.509. The summed E-state index contributed by atoms with van der Waals surface area (Å²) in [6, 6.07) is 0. The highest BCUT2D eigenvalue weighted by molar-refractivity contribution is 5.17. The summed E-state index contributed by atoms with van der Waals surface area (Å²) in [5.74, 6) is 5.95. The third kappa shape index (κ3) is 5.46. The Morgan fingerprint density at radius 1 is 1.46 bits per heavy atom. The summed E-state index contributed by atoms with van der Waals surface area (Å²) in [4.78, 5) is 0. The van der Waals surface area contributed by atoms with E-state index in [1.807, 2.05) is 19.1 Å². The van der Waals surface area contributed by atoms with Gasteiger partial charge in [-0.25, -0.2) is 0 Å². The van der Waals surface area contributed by atoms with Crippen LogP contribution in [0.15, 0.2) is 12.2 Å². The normalized spacial score (nSPS) is 15.1. The molecule has 0 aromatic rings. The van der Waals surface area contributed by atoms with Gasteiger partial charge in [0, 0.05) is 0 Å². The predicted molar refractivity (Wildman–Crippen MR) is 56.1 cm³/mol. The lowest BCUT2D eigenvalue weighted by molar-refractivity contribution is 0.106. The standard InChI is InChI=1S/C11H19NO/c1-4-6-7-8-9-10(5-2)11(13)12-3/h6-7,10-13H,4-5H2,1-3H3/b7-6-. The lowest BCUT2D eigenvalue weighted by Gasteiger charge is -2.14. The Morgan fingerprint density at radius 2 is 2.15 bits per heavy atom. The minimum Gasteiger partial charge on any atom is -0.377 e. The first-order valence-corrected chi connectivity index (χ1v) is 4.77. The van der Waals surface area contributed by atoms with Gasteiger partial charge >= 0.3 is 0 Å². The molecule has 0 rings (SSSR count). The van der Waals surface area contributed by atoms with Crippen molar-refractivity contribution < 1.29 is 5.11 Å². The SMILES string of the molecule is CC/C=C\C#CC(CC)C(O)NC. The molecule has 0 spiro atoms. The molecule has 2 atom stereocenters. The molecule has 0 heterocycles. The predicted octanol–water partition coefficient (Wildman–Crippen LogP) is 1.52. The molecular weight excluding hydrogens is 162 g/mol. The highest BCUT2D eigenvalue weighted by Crippen LogP contribution is 2.04. The van der Waals surface area contributed by atoms with Crippen molar-refractivity contribution in [3.8, 4) is 11.8 Å². The summed E-state index contributed by atoms with van der Waals surface area (Å²) in [6.07, 6.45) is 5.18. The molecule has 13 heavy (non-hydrogen) atoms. The lowest BCUT2D eigenvalue weighted by Crippen LogP contribution is -2.31. The van der Waals surface area contributed by atoms with Crippen LogP contribution >= 0.6 is 0 Å². The van der Waals surface area contributed by atoms with E-state index in [1.54, 1.807) is 7.05 Å². The molecule has 0 bridgehead atoms. The van der Waals surface area contributed by atoms with Gasteiger partial charge in [-0.2, -0.15) is 0 Å². The van der Waals surface area contributed by atoms with Crippen LogP contribution in [-0.4, -0.2) is 18.4 Å². The summed E-state index contributed by atoms with van der Waals surface area (Å²) in [7, 11) is 1.73. The molecule has 0 amide bonds. The summed E-state index contributed by atoms with van der Waals surface area (Å²) in [5.41, 5.74) is 0. The Bertz CT molecular complexity index is 200. The van der Waals surface area contributed by atoms with Gasteiger partial charge in [0.25, 0.3) is 0 Å². The topological polar surface area (TPSA) is 32.3 Å². The molecule has 0 radical (unpaired) electrons. The Balaban J connectivity index is 4.07. The maximum Gasteiger partial charge on any atom is 0.118 e. The second-order valence-electron chi connectivity index (χ2n) is 2.85. The molecule has 0 saturated heterocycles.